The van der Waals surface area contributed by atoms with Gasteiger partial charge in [0.1, 0.15) is 5.75 Å². The first kappa shape index (κ1) is 17.8. The number of hydrogen-bond donors (Lipinski definition) is 2. The Morgan fingerprint density at radius 2 is 2.20 bits per heavy atom. The molecule has 1 unspecified atom stereocenters. The fraction of sp³-hybridized carbons (Fsp3) is 0.412. The van der Waals surface area contributed by atoms with E-state index in [0.29, 0.717) is 23.2 Å². The van der Waals surface area contributed by atoms with Crippen LogP contribution in [0.3, 0.4) is 0 Å². The zero-order valence-corrected chi connectivity index (χ0v) is 14.3. The number of thiazole rings is 1. The van der Waals surface area contributed by atoms with Crippen LogP contribution in [0.1, 0.15) is 19.3 Å². The lowest BCUT2D eigenvalue weighted by Crippen LogP contribution is -2.14. The van der Waals surface area contributed by atoms with E-state index in [1.54, 1.807) is 12.1 Å². The Morgan fingerprint density at radius 3 is 2.88 bits per heavy atom. The number of halogens is 2. The van der Waals surface area contributed by atoms with Crippen LogP contribution >= 0.6 is 11.3 Å². The average Bonchev–Trinajstić information content (AvgIpc) is 3.25. The molecule has 1 aliphatic heterocycles. The number of rotatable bonds is 7. The number of carbonyl (C=O) groups excluding carboxylic acids is 1. The maximum absolute atomic E-state index is 12.2. The van der Waals surface area contributed by atoms with Gasteiger partial charge in [-0.15, -0.1) is 11.3 Å². The van der Waals surface area contributed by atoms with Crippen molar-refractivity contribution >= 4 is 22.4 Å². The average molecular weight is 367 g/mol. The third-order valence-electron chi connectivity index (χ3n) is 4.07. The molecule has 2 heterocycles. The predicted molar refractivity (Wildman–Crippen MR) is 93.0 cm³/mol. The molecule has 5 nitrogen and oxygen atoms in total. The number of anilines is 1. The summed E-state index contributed by atoms with van der Waals surface area (Å²) in [5.41, 5.74) is 1.46. The second kappa shape index (κ2) is 8.35. The minimum Gasteiger partial charge on any atom is -0.435 e. The van der Waals surface area contributed by atoms with Crippen LogP contribution in [0.2, 0.25) is 0 Å². The molecule has 1 aliphatic rings. The molecule has 0 saturated carbocycles. The number of carbonyl (C=O) groups is 1. The van der Waals surface area contributed by atoms with Gasteiger partial charge in [-0.05, 0) is 56.1 Å². The maximum Gasteiger partial charge on any atom is 0.387 e. The van der Waals surface area contributed by atoms with Gasteiger partial charge in [0.05, 0.1) is 5.69 Å². The van der Waals surface area contributed by atoms with Gasteiger partial charge in [0, 0.05) is 17.4 Å². The quantitative estimate of drug-likeness (QED) is 0.783. The highest BCUT2D eigenvalue weighted by Gasteiger charge is 2.16. The van der Waals surface area contributed by atoms with Crippen molar-refractivity contribution in [1.82, 2.24) is 10.3 Å². The molecule has 8 heteroatoms. The van der Waals surface area contributed by atoms with Crippen molar-refractivity contribution in [3.8, 4) is 17.0 Å². The van der Waals surface area contributed by atoms with Gasteiger partial charge >= 0.3 is 6.61 Å². The summed E-state index contributed by atoms with van der Waals surface area (Å²) in [5.74, 6) is 0.643. The molecule has 0 bridgehead atoms. The first-order valence-electron chi connectivity index (χ1n) is 8.11. The summed E-state index contributed by atoms with van der Waals surface area (Å²) in [6.45, 7) is -0.824. The molecule has 0 spiro atoms. The van der Waals surface area contributed by atoms with E-state index in [9.17, 15) is 13.6 Å². The van der Waals surface area contributed by atoms with Crippen molar-refractivity contribution in [2.75, 3.05) is 18.4 Å². The summed E-state index contributed by atoms with van der Waals surface area (Å²) < 4.78 is 28.6. The van der Waals surface area contributed by atoms with E-state index in [-0.39, 0.29) is 11.7 Å². The molecule has 2 aromatic rings. The van der Waals surface area contributed by atoms with Gasteiger partial charge in [-0.25, -0.2) is 4.98 Å². The maximum atomic E-state index is 12.2. The predicted octanol–water partition coefficient (Wildman–Crippen LogP) is 3.74. The second-order valence-electron chi connectivity index (χ2n) is 5.89. The van der Waals surface area contributed by atoms with Crippen molar-refractivity contribution in [3.05, 3.63) is 29.6 Å². The van der Waals surface area contributed by atoms with E-state index >= 15 is 0 Å². The fourth-order valence-corrected chi connectivity index (χ4v) is 3.48. The van der Waals surface area contributed by atoms with Crippen LogP contribution in [0.4, 0.5) is 13.9 Å². The van der Waals surface area contributed by atoms with E-state index in [0.717, 1.165) is 31.5 Å². The molecule has 134 valence electrons. The summed E-state index contributed by atoms with van der Waals surface area (Å²) in [6, 6.07) is 6.25. The zero-order valence-electron chi connectivity index (χ0n) is 13.5. The largest absolute Gasteiger partial charge is 0.435 e. The highest BCUT2D eigenvalue weighted by Crippen LogP contribution is 2.27. The number of nitrogens with zero attached hydrogens (tertiary/aromatic N) is 1. The molecular formula is C17H19F2N3O2S. The fourth-order valence-electron chi connectivity index (χ4n) is 2.75. The third kappa shape index (κ3) is 5.20. The highest BCUT2D eigenvalue weighted by atomic mass is 32.1. The summed E-state index contributed by atoms with van der Waals surface area (Å²) >= 11 is 1.34. The SMILES string of the molecule is O=C(CCC1CCNC1)Nc1nc(-c2ccc(OC(F)F)cc2)cs1. The molecule has 25 heavy (non-hydrogen) atoms. The molecule has 1 aromatic heterocycles. The number of amides is 1. The molecule has 1 aromatic carbocycles. The highest BCUT2D eigenvalue weighted by molar-refractivity contribution is 7.14. The van der Waals surface area contributed by atoms with Gasteiger partial charge in [-0.1, -0.05) is 0 Å². The van der Waals surface area contributed by atoms with Gasteiger partial charge in [-0.3, -0.25) is 4.79 Å². The number of aromatic nitrogens is 1. The third-order valence-corrected chi connectivity index (χ3v) is 4.83. The number of hydrogen-bond acceptors (Lipinski definition) is 5. The Balaban J connectivity index is 1.53. The summed E-state index contributed by atoms with van der Waals surface area (Å²) in [6.07, 6.45) is 2.49. The van der Waals surface area contributed by atoms with E-state index in [1.165, 1.54) is 23.5 Å². The molecule has 2 N–H and O–H groups in total. The Kier molecular flexibility index (Phi) is 5.93. The lowest BCUT2D eigenvalue weighted by Gasteiger charge is -2.07. The minimum absolute atomic E-state index is 0.0338. The number of ether oxygens (including phenoxy) is 1. The van der Waals surface area contributed by atoms with Crippen LogP contribution < -0.4 is 15.4 Å². The molecule has 1 saturated heterocycles. The number of alkyl halides is 2. The summed E-state index contributed by atoms with van der Waals surface area (Å²) in [7, 11) is 0. The van der Waals surface area contributed by atoms with Crippen molar-refractivity contribution in [3.63, 3.8) is 0 Å². The van der Waals surface area contributed by atoms with Crippen molar-refractivity contribution in [1.29, 1.82) is 0 Å². The van der Waals surface area contributed by atoms with Crippen LogP contribution in [-0.4, -0.2) is 30.6 Å². The van der Waals surface area contributed by atoms with Crippen LogP contribution in [0.25, 0.3) is 11.3 Å². The molecular weight excluding hydrogens is 348 g/mol. The standard InChI is InChI=1S/C17H19F2N3O2S/c18-16(19)24-13-4-2-12(3-5-13)14-10-25-17(21-14)22-15(23)6-1-11-7-8-20-9-11/h2-5,10-11,16,20H,1,6-9H2,(H,21,22,23). The van der Waals surface area contributed by atoms with Gasteiger partial charge in [0.15, 0.2) is 5.13 Å². The molecule has 0 radical (unpaired) electrons. The lowest BCUT2D eigenvalue weighted by molar-refractivity contribution is -0.116. The van der Waals surface area contributed by atoms with Crippen LogP contribution in [0.15, 0.2) is 29.6 Å². The van der Waals surface area contributed by atoms with E-state index < -0.39 is 6.61 Å². The van der Waals surface area contributed by atoms with E-state index in [4.69, 9.17) is 0 Å². The molecule has 0 aliphatic carbocycles. The van der Waals surface area contributed by atoms with Gasteiger partial charge in [0.2, 0.25) is 5.91 Å². The Hall–Kier alpha value is -2.06. The summed E-state index contributed by atoms with van der Waals surface area (Å²) in [5, 5.41) is 8.46. The van der Waals surface area contributed by atoms with E-state index in [1.807, 2.05) is 5.38 Å². The number of nitrogens with one attached hydrogen (secondary N) is 2. The second-order valence-corrected chi connectivity index (χ2v) is 6.74. The Bertz CT molecular complexity index is 700. The first-order chi connectivity index (χ1) is 12.1. The number of benzene rings is 1. The van der Waals surface area contributed by atoms with Gasteiger partial charge in [0.25, 0.3) is 0 Å². The molecule has 1 fully saturated rings. The van der Waals surface area contributed by atoms with Gasteiger partial charge < -0.3 is 15.4 Å². The summed E-state index contributed by atoms with van der Waals surface area (Å²) in [4.78, 5) is 16.4. The molecule has 1 atom stereocenters. The van der Waals surface area contributed by atoms with Crippen molar-refractivity contribution in [2.24, 2.45) is 5.92 Å². The minimum atomic E-state index is -2.84. The van der Waals surface area contributed by atoms with Gasteiger partial charge in [-0.2, -0.15) is 8.78 Å². The monoisotopic (exact) mass is 367 g/mol. The van der Waals surface area contributed by atoms with Crippen LogP contribution in [-0.2, 0) is 4.79 Å². The van der Waals surface area contributed by atoms with E-state index in [2.05, 4.69) is 20.4 Å². The first-order valence-corrected chi connectivity index (χ1v) is 8.99. The lowest BCUT2D eigenvalue weighted by atomic mass is 10.0. The van der Waals surface area contributed by atoms with Crippen molar-refractivity contribution in [2.45, 2.75) is 25.9 Å². The van der Waals surface area contributed by atoms with Crippen LogP contribution in [0.5, 0.6) is 5.75 Å². The van der Waals surface area contributed by atoms with Crippen molar-refractivity contribution < 1.29 is 18.3 Å². The van der Waals surface area contributed by atoms with Crippen LogP contribution in [0, 0.1) is 5.92 Å². The topological polar surface area (TPSA) is 63.2 Å². The Morgan fingerprint density at radius 1 is 1.40 bits per heavy atom. The Labute approximate surface area is 148 Å². The zero-order chi connectivity index (χ0) is 17.6. The normalized spacial score (nSPS) is 17.0. The smallest absolute Gasteiger partial charge is 0.387 e. The molecule has 1 amide bonds. The molecule has 3 rings (SSSR count).